The second-order valence-electron chi connectivity index (χ2n) is 7.22. The highest BCUT2D eigenvalue weighted by Gasteiger charge is 2.40. The minimum absolute atomic E-state index is 0.0901. The maximum absolute atomic E-state index is 12.8. The van der Waals surface area contributed by atoms with Gasteiger partial charge in [-0.1, -0.05) is 19.8 Å². The van der Waals surface area contributed by atoms with Gasteiger partial charge in [-0.05, 0) is 44.6 Å². The molecular formula is C17H31N3O. The number of likely N-dealkylation sites (tertiary alicyclic amines) is 1. The first-order valence-corrected chi connectivity index (χ1v) is 8.94. The number of likely N-dealkylation sites (N-methyl/N-ethyl adjacent to an activating group) is 1. The van der Waals surface area contributed by atoms with Crippen LogP contribution in [0.4, 0.5) is 0 Å². The molecule has 3 fully saturated rings. The van der Waals surface area contributed by atoms with Gasteiger partial charge in [-0.3, -0.25) is 4.79 Å². The largest absolute Gasteiger partial charge is 0.341 e. The molecule has 0 aromatic rings. The predicted octanol–water partition coefficient (Wildman–Crippen LogP) is 1.85. The number of carbonyl (C=O) groups excluding carboxylic acids is 1. The van der Waals surface area contributed by atoms with E-state index in [0.29, 0.717) is 18.0 Å². The minimum Gasteiger partial charge on any atom is -0.341 e. The third kappa shape index (κ3) is 3.26. The van der Waals surface area contributed by atoms with Crippen molar-refractivity contribution in [2.24, 2.45) is 5.92 Å². The van der Waals surface area contributed by atoms with Gasteiger partial charge in [0.05, 0.1) is 6.04 Å². The average molecular weight is 293 g/mol. The number of nitrogens with zero attached hydrogens (tertiary/aromatic N) is 2. The van der Waals surface area contributed by atoms with Gasteiger partial charge in [-0.15, -0.1) is 0 Å². The Kier molecular flexibility index (Phi) is 4.85. The maximum Gasteiger partial charge on any atom is 0.239 e. The fraction of sp³-hybridized carbons (Fsp3) is 0.941. The zero-order valence-electron chi connectivity index (χ0n) is 13.7. The van der Waals surface area contributed by atoms with Crippen molar-refractivity contribution in [2.75, 3.05) is 26.7 Å². The number of carbonyl (C=O) groups is 1. The lowest BCUT2D eigenvalue weighted by Gasteiger charge is -2.37. The number of amides is 1. The van der Waals surface area contributed by atoms with Gasteiger partial charge in [-0.25, -0.2) is 0 Å². The molecular weight excluding hydrogens is 262 g/mol. The van der Waals surface area contributed by atoms with Gasteiger partial charge in [0, 0.05) is 32.2 Å². The maximum atomic E-state index is 12.8. The molecule has 2 aliphatic heterocycles. The van der Waals surface area contributed by atoms with E-state index in [0.717, 1.165) is 44.8 Å². The summed E-state index contributed by atoms with van der Waals surface area (Å²) in [6, 6.07) is 1.15. The summed E-state index contributed by atoms with van der Waals surface area (Å²) in [4.78, 5) is 17.3. The van der Waals surface area contributed by atoms with E-state index in [1.807, 2.05) is 7.05 Å². The molecule has 0 bridgehead atoms. The van der Waals surface area contributed by atoms with Crippen LogP contribution in [0.15, 0.2) is 0 Å². The Morgan fingerprint density at radius 3 is 2.57 bits per heavy atom. The number of piperidine rings is 1. The number of hydrogen-bond acceptors (Lipinski definition) is 3. The van der Waals surface area contributed by atoms with E-state index in [4.69, 9.17) is 0 Å². The lowest BCUT2D eigenvalue weighted by Crippen LogP contribution is -2.51. The summed E-state index contributed by atoms with van der Waals surface area (Å²) < 4.78 is 0. The molecule has 0 unspecified atom stereocenters. The smallest absolute Gasteiger partial charge is 0.239 e. The highest BCUT2D eigenvalue weighted by atomic mass is 16.2. The van der Waals surface area contributed by atoms with Crippen molar-refractivity contribution in [1.29, 1.82) is 0 Å². The van der Waals surface area contributed by atoms with E-state index in [1.54, 1.807) is 0 Å². The summed E-state index contributed by atoms with van der Waals surface area (Å²) in [5.41, 5.74) is 0. The van der Waals surface area contributed by atoms with Gasteiger partial charge >= 0.3 is 0 Å². The summed E-state index contributed by atoms with van der Waals surface area (Å²) in [6.07, 6.45) is 8.62. The average Bonchev–Trinajstić information content (AvgIpc) is 2.97. The molecule has 3 rings (SSSR count). The van der Waals surface area contributed by atoms with E-state index in [1.165, 1.54) is 25.7 Å². The zero-order valence-corrected chi connectivity index (χ0v) is 13.7. The van der Waals surface area contributed by atoms with Crippen LogP contribution < -0.4 is 5.32 Å². The molecule has 4 nitrogen and oxygen atoms in total. The molecule has 1 saturated carbocycles. The lowest BCUT2D eigenvalue weighted by atomic mass is 9.85. The second kappa shape index (κ2) is 6.66. The normalized spacial score (nSPS) is 34.7. The van der Waals surface area contributed by atoms with Crippen molar-refractivity contribution in [3.8, 4) is 0 Å². The van der Waals surface area contributed by atoms with Gasteiger partial charge in [0.15, 0.2) is 0 Å². The van der Waals surface area contributed by atoms with E-state index in [9.17, 15) is 4.79 Å². The lowest BCUT2D eigenvalue weighted by molar-refractivity contribution is -0.134. The van der Waals surface area contributed by atoms with Crippen LogP contribution in [-0.4, -0.2) is 60.5 Å². The van der Waals surface area contributed by atoms with Crippen LogP contribution in [0, 0.1) is 5.92 Å². The number of hydrogen-bond donors (Lipinski definition) is 1. The Labute approximate surface area is 129 Å². The van der Waals surface area contributed by atoms with Crippen LogP contribution in [0.5, 0.6) is 0 Å². The summed E-state index contributed by atoms with van der Waals surface area (Å²) in [6.45, 7) is 5.64. The third-order valence-electron chi connectivity index (χ3n) is 6.06. The van der Waals surface area contributed by atoms with Crippen molar-refractivity contribution in [2.45, 2.75) is 70.0 Å². The Bertz CT molecular complexity index is 351. The molecule has 21 heavy (non-hydrogen) atoms. The Balaban J connectivity index is 1.53. The van der Waals surface area contributed by atoms with Crippen LogP contribution in [0.1, 0.15) is 51.9 Å². The summed E-state index contributed by atoms with van der Waals surface area (Å²) in [5, 5.41) is 3.63. The first-order chi connectivity index (χ1) is 10.2. The molecule has 0 radical (unpaired) electrons. The molecule has 2 saturated heterocycles. The summed E-state index contributed by atoms with van der Waals surface area (Å²) >= 11 is 0. The van der Waals surface area contributed by atoms with Gasteiger partial charge in [-0.2, -0.15) is 0 Å². The van der Waals surface area contributed by atoms with Crippen molar-refractivity contribution >= 4 is 5.91 Å². The highest BCUT2D eigenvalue weighted by molar-refractivity contribution is 5.82. The summed E-state index contributed by atoms with van der Waals surface area (Å²) in [5.74, 6) is 1.10. The predicted molar refractivity (Wildman–Crippen MR) is 85.2 cm³/mol. The summed E-state index contributed by atoms with van der Waals surface area (Å²) in [7, 11) is 2.03. The Hall–Kier alpha value is -0.610. The van der Waals surface area contributed by atoms with E-state index in [2.05, 4.69) is 22.0 Å². The minimum atomic E-state index is 0.0901. The number of nitrogens with one attached hydrogen (secondary N) is 1. The molecule has 3 atom stereocenters. The van der Waals surface area contributed by atoms with Crippen LogP contribution in [0.2, 0.25) is 0 Å². The number of fused-ring (bicyclic) bond motifs is 1. The van der Waals surface area contributed by atoms with Crippen molar-refractivity contribution in [3.63, 3.8) is 0 Å². The van der Waals surface area contributed by atoms with Crippen molar-refractivity contribution in [1.82, 2.24) is 15.1 Å². The van der Waals surface area contributed by atoms with Gasteiger partial charge < -0.3 is 15.1 Å². The zero-order chi connectivity index (χ0) is 14.8. The molecule has 4 heteroatoms. The third-order valence-corrected chi connectivity index (χ3v) is 6.06. The monoisotopic (exact) mass is 293 g/mol. The van der Waals surface area contributed by atoms with Crippen molar-refractivity contribution < 1.29 is 4.79 Å². The molecule has 0 aromatic carbocycles. The van der Waals surface area contributed by atoms with Gasteiger partial charge in [0.1, 0.15) is 0 Å². The molecule has 2 heterocycles. The van der Waals surface area contributed by atoms with Crippen LogP contribution in [-0.2, 0) is 4.79 Å². The first-order valence-electron chi connectivity index (χ1n) is 8.94. The Morgan fingerprint density at radius 2 is 1.90 bits per heavy atom. The SMILES string of the molecule is CCN1CCC(N(C)C(=O)[C@@H]2C[C@H]3CCCC[C@H]3N2)CC1. The van der Waals surface area contributed by atoms with Crippen LogP contribution >= 0.6 is 0 Å². The second-order valence-corrected chi connectivity index (χ2v) is 7.22. The first kappa shape index (κ1) is 15.3. The molecule has 120 valence electrons. The van der Waals surface area contributed by atoms with Crippen LogP contribution in [0.25, 0.3) is 0 Å². The van der Waals surface area contributed by atoms with Crippen molar-refractivity contribution in [3.05, 3.63) is 0 Å². The quantitative estimate of drug-likeness (QED) is 0.862. The highest BCUT2D eigenvalue weighted by Crippen LogP contribution is 2.34. The van der Waals surface area contributed by atoms with Crippen LogP contribution in [0.3, 0.4) is 0 Å². The molecule has 1 amide bonds. The molecule has 0 spiro atoms. The Morgan fingerprint density at radius 1 is 1.19 bits per heavy atom. The topological polar surface area (TPSA) is 35.6 Å². The van der Waals surface area contributed by atoms with E-state index < -0.39 is 0 Å². The molecule has 1 N–H and O–H groups in total. The molecule has 0 aromatic heterocycles. The van der Waals surface area contributed by atoms with E-state index >= 15 is 0 Å². The molecule has 3 aliphatic rings. The van der Waals surface area contributed by atoms with E-state index in [-0.39, 0.29) is 6.04 Å². The fourth-order valence-electron chi connectivity index (χ4n) is 4.56. The van der Waals surface area contributed by atoms with Gasteiger partial charge in [0.25, 0.3) is 0 Å². The fourth-order valence-corrected chi connectivity index (χ4v) is 4.56. The molecule has 1 aliphatic carbocycles. The number of rotatable bonds is 3. The van der Waals surface area contributed by atoms with Gasteiger partial charge in [0.2, 0.25) is 5.91 Å². The standard InChI is InChI=1S/C17H31N3O/c1-3-20-10-8-14(9-11-20)19(2)17(21)16-12-13-6-4-5-7-15(13)18-16/h13-16,18H,3-12H2,1-2H3/t13-,15-,16+/m1/s1.